The van der Waals surface area contributed by atoms with Crippen LogP contribution in [0.3, 0.4) is 0 Å². The Morgan fingerprint density at radius 2 is 2.11 bits per heavy atom. The molecule has 0 atom stereocenters. The number of amides is 1. The zero-order chi connectivity index (χ0) is 13.2. The molecule has 0 radical (unpaired) electrons. The summed E-state index contributed by atoms with van der Waals surface area (Å²) >= 11 is 0. The molecule has 0 bridgehead atoms. The van der Waals surface area contributed by atoms with Gasteiger partial charge in [0.05, 0.1) is 17.4 Å². The van der Waals surface area contributed by atoms with E-state index >= 15 is 0 Å². The van der Waals surface area contributed by atoms with Crippen molar-refractivity contribution in [3.05, 3.63) is 12.4 Å². The van der Waals surface area contributed by atoms with Gasteiger partial charge >= 0.3 is 0 Å². The van der Waals surface area contributed by atoms with Crippen molar-refractivity contribution in [2.45, 2.75) is 57.5 Å². The molecule has 0 saturated heterocycles. The third-order valence-corrected chi connectivity index (χ3v) is 3.59. The molecule has 5 heteroatoms. The Labute approximate surface area is 108 Å². The van der Waals surface area contributed by atoms with Gasteiger partial charge in [-0.2, -0.15) is 5.10 Å². The molecule has 1 aliphatic carbocycles. The molecule has 0 aliphatic heterocycles. The summed E-state index contributed by atoms with van der Waals surface area (Å²) in [4.78, 5) is 12.2. The number of nitrogens with zero attached hydrogens (tertiary/aromatic N) is 2. The first-order chi connectivity index (χ1) is 8.51. The second-order valence-electron chi connectivity index (χ2n) is 5.47. The van der Waals surface area contributed by atoms with E-state index < -0.39 is 5.54 Å². The minimum Gasteiger partial charge on any atom is -0.322 e. The molecule has 2 rings (SSSR count). The van der Waals surface area contributed by atoms with Crippen molar-refractivity contribution in [1.29, 1.82) is 0 Å². The zero-order valence-corrected chi connectivity index (χ0v) is 11.1. The summed E-state index contributed by atoms with van der Waals surface area (Å²) < 4.78 is 1.82. The lowest BCUT2D eigenvalue weighted by molar-refractivity contribution is -0.122. The molecule has 100 valence electrons. The summed E-state index contributed by atoms with van der Waals surface area (Å²) in [6, 6.07) is 0.289. The molecular weight excluding hydrogens is 228 g/mol. The summed E-state index contributed by atoms with van der Waals surface area (Å²) in [6.07, 6.45) is 8.31. The predicted octanol–water partition coefficient (Wildman–Crippen LogP) is 2.06. The third-order valence-electron chi connectivity index (χ3n) is 3.59. The monoisotopic (exact) mass is 250 g/mol. The van der Waals surface area contributed by atoms with Gasteiger partial charge in [0.2, 0.25) is 5.91 Å². The first-order valence-electron chi connectivity index (χ1n) is 6.66. The standard InChI is InChI=1S/C13H22N4O/c1-10(2)17-9-11(8-15-17)16-12(18)13(14)6-4-3-5-7-13/h8-10H,3-7,14H2,1-2H3,(H,16,18). The minimum atomic E-state index is -0.696. The van der Waals surface area contributed by atoms with E-state index in [4.69, 9.17) is 5.73 Å². The maximum Gasteiger partial charge on any atom is 0.244 e. The van der Waals surface area contributed by atoms with Crippen LogP contribution < -0.4 is 11.1 Å². The van der Waals surface area contributed by atoms with Crippen LogP contribution in [-0.2, 0) is 4.79 Å². The number of aromatic nitrogens is 2. The predicted molar refractivity (Wildman–Crippen MR) is 71.2 cm³/mol. The lowest BCUT2D eigenvalue weighted by Gasteiger charge is -2.31. The molecule has 1 aromatic rings. The number of hydrogen-bond acceptors (Lipinski definition) is 3. The summed E-state index contributed by atoms with van der Waals surface area (Å²) in [5.41, 5.74) is 6.21. The van der Waals surface area contributed by atoms with Gasteiger partial charge in [-0.3, -0.25) is 9.48 Å². The van der Waals surface area contributed by atoms with Crippen molar-refractivity contribution in [3.63, 3.8) is 0 Å². The Bertz CT molecular complexity index is 418. The number of carbonyl (C=O) groups excluding carboxylic acids is 1. The lowest BCUT2D eigenvalue weighted by Crippen LogP contribution is -2.52. The van der Waals surface area contributed by atoms with E-state index in [1.807, 2.05) is 24.7 Å². The highest BCUT2D eigenvalue weighted by atomic mass is 16.2. The second-order valence-corrected chi connectivity index (χ2v) is 5.47. The molecular formula is C13H22N4O. The Morgan fingerprint density at radius 1 is 1.44 bits per heavy atom. The van der Waals surface area contributed by atoms with Crippen LogP contribution in [0.4, 0.5) is 5.69 Å². The van der Waals surface area contributed by atoms with Crippen molar-refractivity contribution < 1.29 is 4.79 Å². The van der Waals surface area contributed by atoms with Gasteiger partial charge in [0, 0.05) is 12.2 Å². The summed E-state index contributed by atoms with van der Waals surface area (Å²) in [6.45, 7) is 4.09. The van der Waals surface area contributed by atoms with Gasteiger partial charge < -0.3 is 11.1 Å². The van der Waals surface area contributed by atoms with E-state index in [0.717, 1.165) is 31.4 Å². The van der Waals surface area contributed by atoms with E-state index in [1.165, 1.54) is 6.42 Å². The van der Waals surface area contributed by atoms with Crippen LogP contribution in [0.2, 0.25) is 0 Å². The number of nitrogens with two attached hydrogens (primary N) is 1. The second kappa shape index (κ2) is 5.10. The first-order valence-corrected chi connectivity index (χ1v) is 6.66. The minimum absolute atomic E-state index is 0.0782. The van der Waals surface area contributed by atoms with E-state index in [0.29, 0.717) is 0 Å². The van der Waals surface area contributed by atoms with Crippen LogP contribution in [0.15, 0.2) is 12.4 Å². The van der Waals surface area contributed by atoms with Crippen LogP contribution in [0.1, 0.15) is 52.0 Å². The molecule has 1 amide bonds. The molecule has 18 heavy (non-hydrogen) atoms. The average molecular weight is 250 g/mol. The van der Waals surface area contributed by atoms with Gasteiger partial charge in [-0.05, 0) is 26.7 Å². The van der Waals surface area contributed by atoms with Crippen molar-refractivity contribution >= 4 is 11.6 Å². The largest absolute Gasteiger partial charge is 0.322 e. The van der Waals surface area contributed by atoms with Crippen molar-refractivity contribution in [1.82, 2.24) is 9.78 Å². The fourth-order valence-corrected chi connectivity index (χ4v) is 2.35. The van der Waals surface area contributed by atoms with Crippen molar-refractivity contribution in [2.75, 3.05) is 5.32 Å². The Morgan fingerprint density at radius 3 is 2.67 bits per heavy atom. The molecule has 0 aromatic carbocycles. The van der Waals surface area contributed by atoms with Gasteiger partial charge in [0.1, 0.15) is 0 Å². The van der Waals surface area contributed by atoms with Gasteiger partial charge in [-0.25, -0.2) is 0 Å². The Kier molecular flexibility index (Phi) is 3.71. The number of nitrogens with one attached hydrogen (secondary N) is 1. The lowest BCUT2D eigenvalue weighted by atomic mass is 9.82. The summed E-state index contributed by atoms with van der Waals surface area (Å²) in [5, 5.41) is 7.08. The van der Waals surface area contributed by atoms with Gasteiger partial charge in [-0.15, -0.1) is 0 Å². The average Bonchev–Trinajstić information content (AvgIpc) is 2.78. The smallest absolute Gasteiger partial charge is 0.244 e. The highest BCUT2D eigenvalue weighted by molar-refractivity contribution is 5.97. The Balaban J connectivity index is 2.01. The normalized spacial score (nSPS) is 18.9. The van der Waals surface area contributed by atoms with Gasteiger partial charge in [0.15, 0.2) is 0 Å². The highest BCUT2D eigenvalue weighted by Gasteiger charge is 2.35. The molecule has 1 saturated carbocycles. The van der Waals surface area contributed by atoms with E-state index in [-0.39, 0.29) is 11.9 Å². The number of hydrogen-bond donors (Lipinski definition) is 2. The molecule has 0 unspecified atom stereocenters. The quantitative estimate of drug-likeness (QED) is 0.862. The molecule has 1 fully saturated rings. The van der Waals surface area contributed by atoms with Crippen LogP contribution in [0, 0.1) is 0 Å². The first kappa shape index (κ1) is 13.1. The highest BCUT2D eigenvalue weighted by Crippen LogP contribution is 2.27. The number of rotatable bonds is 3. The fourth-order valence-electron chi connectivity index (χ4n) is 2.35. The van der Waals surface area contributed by atoms with Gasteiger partial charge in [0.25, 0.3) is 0 Å². The van der Waals surface area contributed by atoms with Crippen LogP contribution >= 0.6 is 0 Å². The summed E-state index contributed by atoms with van der Waals surface area (Å²) in [7, 11) is 0. The molecule has 1 aliphatic rings. The SMILES string of the molecule is CC(C)n1cc(NC(=O)C2(N)CCCCC2)cn1. The molecule has 0 spiro atoms. The summed E-state index contributed by atoms with van der Waals surface area (Å²) in [5.74, 6) is -0.0782. The molecule has 3 N–H and O–H groups in total. The topological polar surface area (TPSA) is 72.9 Å². The van der Waals surface area contributed by atoms with Gasteiger partial charge in [-0.1, -0.05) is 19.3 Å². The van der Waals surface area contributed by atoms with Crippen LogP contribution in [0.25, 0.3) is 0 Å². The van der Waals surface area contributed by atoms with E-state index in [9.17, 15) is 4.79 Å². The van der Waals surface area contributed by atoms with Crippen LogP contribution in [0.5, 0.6) is 0 Å². The van der Waals surface area contributed by atoms with Crippen LogP contribution in [-0.4, -0.2) is 21.2 Å². The van der Waals surface area contributed by atoms with E-state index in [1.54, 1.807) is 6.20 Å². The number of anilines is 1. The Hall–Kier alpha value is -1.36. The van der Waals surface area contributed by atoms with Crippen molar-refractivity contribution in [3.8, 4) is 0 Å². The maximum absolute atomic E-state index is 12.2. The maximum atomic E-state index is 12.2. The molecule has 1 aromatic heterocycles. The van der Waals surface area contributed by atoms with E-state index in [2.05, 4.69) is 10.4 Å². The number of carbonyl (C=O) groups is 1. The third kappa shape index (κ3) is 2.72. The van der Waals surface area contributed by atoms with Crippen molar-refractivity contribution in [2.24, 2.45) is 5.73 Å². The molecule has 5 nitrogen and oxygen atoms in total. The molecule has 1 heterocycles. The fraction of sp³-hybridized carbons (Fsp3) is 0.692. The zero-order valence-electron chi connectivity index (χ0n) is 11.1.